The molecule has 1 aliphatic heterocycles. The van der Waals surface area contributed by atoms with Crippen LogP contribution in [0.15, 0.2) is 0 Å². The van der Waals surface area contributed by atoms with Crippen LogP contribution in [0.3, 0.4) is 0 Å². The Kier molecular flexibility index (Phi) is 1.68. The second-order valence-electron chi connectivity index (χ2n) is 1.96. The van der Waals surface area contributed by atoms with E-state index in [4.69, 9.17) is 10.5 Å². The van der Waals surface area contributed by atoms with Gasteiger partial charge in [0.1, 0.15) is 0 Å². The zero-order chi connectivity index (χ0) is 6.85. The van der Waals surface area contributed by atoms with Gasteiger partial charge in [-0.05, 0) is 0 Å². The largest absolute Gasteiger partial charge is 0.434 e. The summed E-state index contributed by atoms with van der Waals surface area (Å²) in [4.78, 5) is 10.4. The van der Waals surface area contributed by atoms with Gasteiger partial charge in [0.15, 0.2) is 0 Å². The van der Waals surface area contributed by atoms with Crippen molar-refractivity contribution in [1.29, 1.82) is 0 Å². The van der Waals surface area contributed by atoms with Crippen molar-refractivity contribution >= 4 is 5.97 Å². The first kappa shape index (κ1) is 6.51. The highest BCUT2D eigenvalue weighted by molar-refractivity contribution is 5.72. The Morgan fingerprint density at radius 2 is 2.56 bits per heavy atom. The van der Waals surface area contributed by atoms with Crippen LogP contribution in [0.5, 0.6) is 0 Å². The summed E-state index contributed by atoms with van der Waals surface area (Å²) in [5.41, 5.74) is 5.41. The van der Waals surface area contributed by atoms with Crippen LogP contribution >= 0.6 is 0 Å². The number of methoxy groups -OCH3 is 1. The fourth-order valence-electron chi connectivity index (χ4n) is 0.777. The van der Waals surface area contributed by atoms with E-state index >= 15 is 0 Å². The number of esters is 1. The van der Waals surface area contributed by atoms with Gasteiger partial charge >= 0.3 is 5.97 Å². The zero-order valence-electron chi connectivity index (χ0n) is 5.16. The summed E-state index contributed by atoms with van der Waals surface area (Å²) in [6.45, 7) is 0. The fourth-order valence-corrected chi connectivity index (χ4v) is 0.777. The topological polar surface area (TPSA) is 61.5 Å². The standard InChI is InChI=1S/C5H9NO3/c1-8-5-3(6)2-4(7)9-5/h3,5H,2,6H2,1H3/t3-,5+/m0/s1. The van der Waals surface area contributed by atoms with Crippen molar-refractivity contribution in [3.8, 4) is 0 Å². The molecule has 0 bridgehead atoms. The van der Waals surface area contributed by atoms with E-state index in [-0.39, 0.29) is 18.4 Å². The summed E-state index contributed by atoms with van der Waals surface area (Å²) in [5, 5.41) is 0. The molecule has 1 heterocycles. The average molecular weight is 131 g/mol. The van der Waals surface area contributed by atoms with E-state index in [1.165, 1.54) is 7.11 Å². The van der Waals surface area contributed by atoms with Gasteiger partial charge in [0.05, 0.1) is 12.5 Å². The van der Waals surface area contributed by atoms with Gasteiger partial charge in [0.25, 0.3) is 0 Å². The second kappa shape index (κ2) is 2.33. The van der Waals surface area contributed by atoms with Crippen LogP contribution in [0, 0.1) is 0 Å². The lowest BCUT2D eigenvalue weighted by atomic mass is 10.2. The van der Waals surface area contributed by atoms with Crippen molar-refractivity contribution in [2.24, 2.45) is 5.73 Å². The Balaban J connectivity index is 2.47. The predicted octanol–water partition coefficient (Wildman–Crippen LogP) is -0.767. The molecule has 0 aliphatic carbocycles. The number of carbonyl (C=O) groups excluding carboxylic acids is 1. The molecule has 0 spiro atoms. The predicted molar refractivity (Wildman–Crippen MR) is 29.5 cm³/mol. The summed E-state index contributed by atoms with van der Waals surface area (Å²) in [6, 6.07) is -0.289. The highest BCUT2D eigenvalue weighted by Crippen LogP contribution is 2.12. The van der Waals surface area contributed by atoms with E-state index in [0.29, 0.717) is 0 Å². The Labute approximate surface area is 52.9 Å². The van der Waals surface area contributed by atoms with Gasteiger partial charge in [-0.2, -0.15) is 0 Å². The highest BCUT2D eigenvalue weighted by atomic mass is 16.7. The average Bonchev–Trinajstić information content (AvgIpc) is 2.10. The van der Waals surface area contributed by atoms with Crippen LogP contribution in [0.4, 0.5) is 0 Å². The molecule has 0 aromatic heterocycles. The van der Waals surface area contributed by atoms with Crippen molar-refractivity contribution in [3.63, 3.8) is 0 Å². The van der Waals surface area contributed by atoms with E-state index < -0.39 is 6.29 Å². The lowest BCUT2D eigenvalue weighted by Gasteiger charge is -2.09. The maximum atomic E-state index is 10.4. The monoisotopic (exact) mass is 131 g/mol. The lowest BCUT2D eigenvalue weighted by molar-refractivity contribution is -0.158. The molecule has 0 unspecified atom stereocenters. The van der Waals surface area contributed by atoms with Crippen molar-refractivity contribution in [3.05, 3.63) is 0 Å². The molecule has 0 amide bonds. The van der Waals surface area contributed by atoms with E-state index in [0.717, 1.165) is 0 Å². The smallest absolute Gasteiger partial charge is 0.309 e. The van der Waals surface area contributed by atoms with Gasteiger partial charge in [-0.3, -0.25) is 4.79 Å². The first-order valence-corrected chi connectivity index (χ1v) is 2.72. The molecule has 1 fully saturated rings. The molecular weight excluding hydrogens is 122 g/mol. The Morgan fingerprint density at radius 3 is 2.78 bits per heavy atom. The van der Waals surface area contributed by atoms with Gasteiger partial charge in [0, 0.05) is 7.11 Å². The van der Waals surface area contributed by atoms with Crippen LogP contribution in [0.25, 0.3) is 0 Å². The molecular formula is C5H9NO3. The molecule has 0 saturated carbocycles. The molecule has 1 saturated heterocycles. The number of hydrogen-bond acceptors (Lipinski definition) is 4. The fraction of sp³-hybridized carbons (Fsp3) is 0.800. The number of hydrogen-bond donors (Lipinski definition) is 1. The third-order valence-corrected chi connectivity index (χ3v) is 1.23. The minimum atomic E-state index is -0.530. The molecule has 0 radical (unpaired) electrons. The Hall–Kier alpha value is -0.610. The number of cyclic esters (lactones) is 1. The molecule has 4 nitrogen and oxygen atoms in total. The maximum absolute atomic E-state index is 10.4. The Morgan fingerprint density at radius 1 is 1.89 bits per heavy atom. The molecule has 1 rings (SSSR count). The van der Waals surface area contributed by atoms with Gasteiger partial charge in [-0.25, -0.2) is 0 Å². The number of nitrogens with two attached hydrogens (primary N) is 1. The van der Waals surface area contributed by atoms with Crippen molar-refractivity contribution < 1.29 is 14.3 Å². The highest BCUT2D eigenvalue weighted by Gasteiger charge is 2.31. The number of rotatable bonds is 1. The minimum absolute atomic E-state index is 0.262. The van der Waals surface area contributed by atoms with Crippen molar-refractivity contribution in [1.82, 2.24) is 0 Å². The summed E-state index contributed by atoms with van der Waals surface area (Å²) in [7, 11) is 1.46. The molecule has 1 aliphatic rings. The number of carbonyl (C=O) groups is 1. The molecule has 0 aromatic rings. The van der Waals surface area contributed by atoms with Gasteiger partial charge < -0.3 is 15.2 Å². The van der Waals surface area contributed by atoms with E-state index in [2.05, 4.69) is 4.74 Å². The molecule has 9 heavy (non-hydrogen) atoms. The Bertz CT molecular complexity index is 125. The summed E-state index contributed by atoms with van der Waals surface area (Å²) in [6.07, 6.45) is -0.268. The van der Waals surface area contributed by atoms with Crippen LogP contribution in [0.1, 0.15) is 6.42 Å². The molecule has 4 heteroatoms. The van der Waals surface area contributed by atoms with Gasteiger partial charge in [0.2, 0.25) is 6.29 Å². The molecule has 2 atom stereocenters. The first-order chi connectivity index (χ1) is 4.24. The normalized spacial score (nSPS) is 34.7. The van der Waals surface area contributed by atoms with Crippen LogP contribution in [0.2, 0.25) is 0 Å². The molecule has 52 valence electrons. The first-order valence-electron chi connectivity index (χ1n) is 2.72. The zero-order valence-corrected chi connectivity index (χ0v) is 5.16. The van der Waals surface area contributed by atoms with Crippen LogP contribution < -0.4 is 5.73 Å². The van der Waals surface area contributed by atoms with E-state index in [1.54, 1.807) is 0 Å². The summed E-state index contributed by atoms with van der Waals surface area (Å²) >= 11 is 0. The van der Waals surface area contributed by atoms with Crippen LogP contribution in [-0.2, 0) is 14.3 Å². The maximum Gasteiger partial charge on any atom is 0.309 e. The van der Waals surface area contributed by atoms with Crippen molar-refractivity contribution in [2.75, 3.05) is 7.11 Å². The second-order valence-corrected chi connectivity index (χ2v) is 1.96. The molecule has 2 N–H and O–H groups in total. The quantitative estimate of drug-likeness (QED) is 0.475. The van der Waals surface area contributed by atoms with Crippen LogP contribution in [-0.4, -0.2) is 25.4 Å². The SMILES string of the molecule is CO[C@@H]1OC(=O)C[C@@H]1N. The third-order valence-electron chi connectivity index (χ3n) is 1.23. The van der Waals surface area contributed by atoms with Gasteiger partial charge in [-0.1, -0.05) is 0 Å². The van der Waals surface area contributed by atoms with Crippen molar-refractivity contribution in [2.45, 2.75) is 18.8 Å². The summed E-state index contributed by atoms with van der Waals surface area (Å²) < 4.78 is 9.36. The minimum Gasteiger partial charge on any atom is -0.434 e. The summed E-state index contributed by atoms with van der Waals surface area (Å²) in [5.74, 6) is -0.283. The lowest BCUT2D eigenvalue weighted by Crippen LogP contribution is -2.31. The number of ether oxygens (including phenoxy) is 2. The van der Waals surface area contributed by atoms with Gasteiger partial charge in [-0.15, -0.1) is 0 Å². The third kappa shape index (κ3) is 1.20. The van der Waals surface area contributed by atoms with E-state index in [9.17, 15) is 4.79 Å². The molecule has 0 aromatic carbocycles. The van der Waals surface area contributed by atoms with E-state index in [1.807, 2.05) is 0 Å².